The SMILES string of the molecule is O=C(CN1CCCCCOc2ccccc2N(CC(=O)NCCc2ccccn2)c2cncc(c2)C1=O)NCCc1ccccn1. The number of hydrogen-bond acceptors (Lipinski definition) is 8. The molecule has 0 saturated carbocycles. The molecule has 3 amide bonds. The fraction of sp³-hybridized carbons (Fsp3) is 0.314. The van der Waals surface area contributed by atoms with E-state index in [9.17, 15) is 14.4 Å². The summed E-state index contributed by atoms with van der Waals surface area (Å²) in [6.45, 7) is 1.64. The van der Waals surface area contributed by atoms with E-state index in [1.807, 2.05) is 60.7 Å². The minimum Gasteiger partial charge on any atom is -0.491 e. The number of pyridine rings is 3. The Labute approximate surface area is 269 Å². The Kier molecular flexibility index (Phi) is 11.6. The molecule has 238 valence electrons. The lowest BCUT2D eigenvalue weighted by molar-refractivity contribution is -0.122. The molecule has 4 aromatic rings. The van der Waals surface area contributed by atoms with Crippen LogP contribution in [-0.2, 0) is 22.4 Å². The second-order valence-corrected chi connectivity index (χ2v) is 11.0. The van der Waals surface area contributed by atoms with Crippen molar-refractivity contribution < 1.29 is 19.1 Å². The number of fused-ring (bicyclic) bond motifs is 3. The van der Waals surface area contributed by atoms with Crippen LogP contribution >= 0.6 is 0 Å². The van der Waals surface area contributed by atoms with Crippen molar-refractivity contribution in [1.82, 2.24) is 30.5 Å². The molecule has 1 aromatic carbocycles. The van der Waals surface area contributed by atoms with Crippen LogP contribution in [0.5, 0.6) is 5.75 Å². The van der Waals surface area contributed by atoms with Crippen LogP contribution in [0.3, 0.4) is 0 Å². The van der Waals surface area contributed by atoms with Crippen LogP contribution < -0.4 is 20.3 Å². The standard InChI is InChI=1S/C35H39N7O4/c43-33(39-18-14-28-10-4-6-16-37-28)25-41-20-8-1-9-21-46-32-13-3-2-12-31(32)42(30-22-27(35(41)45)23-36-24-30)26-34(44)40-19-15-29-11-5-7-17-38-29/h2-7,10-13,16-17,22-24H,1,8-9,14-15,18-21,25-26H2,(H,39,43)(H,40,44). The fourth-order valence-electron chi connectivity index (χ4n) is 5.19. The van der Waals surface area contributed by atoms with Crippen molar-refractivity contribution in [2.24, 2.45) is 0 Å². The zero-order valence-electron chi connectivity index (χ0n) is 25.8. The molecule has 46 heavy (non-hydrogen) atoms. The third-order valence-electron chi connectivity index (χ3n) is 7.55. The number of carbonyl (C=O) groups excluding carboxylic acids is 3. The monoisotopic (exact) mass is 621 g/mol. The quantitative estimate of drug-likeness (QED) is 0.274. The lowest BCUT2D eigenvalue weighted by Gasteiger charge is -2.28. The number of nitrogens with one attached hydrogen (secondary N) is 2. The number of amides is 3. The minimum atomic E-state index is -0.296. The van der Waals surface area contributed by atoms with E-state index >= 15 is 0 Å². The molecule has 5 rings (SSSR count). The number of benzene rings is 1. The van der Waals surface area contributed by atoms with Gasteiger partial charge in [-0.15, -0.1) is 0 Å². The van der Waals surface area contributed by atoms with Crippen molar-refractivity contribution in [3.05, 3.63) is 108 Å². The Hall–Kier alpha value is -5.32. The average molecular weight is 622 g/mol. The predicted octanol–water partition coefficient (Wildman–Crippen LogP) is 3.73. The van der Waals surface area contributed by atoms with Crippen LogP contribution in [0.2, 0.25) is 0 Å². The molecular weight excluding hydrogens is 582 g/mol. The van der Waals surface area contributed by atoms with Crippen molar-refractivity contribution in [3.8, 4) is 5.75 Å². The second kappa shape index (κ2) is 16.7. The number of aromatic nitrogens is 3. The molecular formula is C35H39N7O4. The first-order chi connectivity index (χ1) is 22.6. The van der Waals surface area contributed by atoms with Crippen molar-refractivity contribution >= 4 is 29.1 Å². The second-order valence-electron chi connectivity index (χ2n) is 11.0. The van der Waals surface area contributed by atoms with E-state index in [1.54, 1.807) is 34.5 Å². The number of para-hydroxylation sites is 2. The largest absolute Gasteiger partial charge is 0.491 e. The molecule has 0 fully saturated rings. The van der Waals surface area contributed by atoms with E-state index in [-0.39, 0.29) is 30.8 Å². The summed E-state index contributed by atoms with van der Waals surface area (Å²) in [5.74, 6) is -0.0967. The van der Waals surface area contributed by atoms with Crippen molar-refractivity contribution in [2.75, 3.05) is 44.2 Å². The molecule has 0 radical (unpaired) electrons. The van der Waals surface area contributed by atoms with Gasteiger partial charge in [0.05, 0.1) is 36.3 Å². The molecule has 11 heteroatoms. The summed E-state index contributed by atoms with van der Waals surface area (Å²) in [5.41, 5.74) is 3.35. The van der Waals surface area contributed by atoms with Crippen LogP contribution in [-0.4, -0.2) is 76.9 Å². The molecule has 2 N–H and O–H groups in total. The van der Waals surface area contributed by atoms with Gasteiger partial charge in [0.1, 0.15) is 12.3 Å². The van der Waals surface area contributed by atoms with Gasteiger partial charge in [-0.25, -0.2) is 0 Å². The minimum absolute atomic E-state index is 0.0235. The van der Waals surface area contributed by atoms with Gasteiger partial charge in [0.2, 0.25) is 11.8 Å². The summed E-state index contributed by atoms with van der Waals surface area (Å²) in [7, 11) is 0. The first kappa shape index (κ1) is 32.1. The molecule has 4 heterocycles. The van der Waals surface area contributed by atoms with E-state index in [2.05, 4.69) is 25.6 Å². The molecule has 0 unspecified atom stereocenters. The summed E-state index contributed by atoms with van der Waals surface area (Å²) in [6.07, 6.45) is 10.1. The molecule has 0 spiro atoms. The summed E-state index contributed by atoms with van der Waals surface area (Å²) in [6, 6.07) is 20.6. The number of rotatable bonds is 10. The van der Waals surface area contributed by atoms with Gasteiger partial charge in [0, 0.05) is 62.5 Å². The lowest BCUT2D eigenvalue weighted by atomic mass is 10.1. The van der Waals surface area contributed by atoms with Gasteiger partial charge in [0.25, 0.3) is 5.91 Å². The van der Waals surface area contributed by atoms with Gasteiger partial charge in [-0.2, -0.15) is 0 Å². The zero-order valence-corrected chi connectivity index (χ0v) is 25.8. The van der Waals surface area contributed by atoms with E-state index < -0.39 is 0 Å². The maximum atomic E-state index is 13.8. The number of carbonyl (C=O) groups is 3. The van der Waals surface area contributed by atoms with Crippen molar-refractivity contribution in [1.29, 1.82) is 0 Å². The zero-order chi connectivity index (χ0) is 32.0. The predicted molar refractivity (Wildman–Crippen MR) is 175 cm³/mol. The van der Waals surface area contributed by atoms with E-state index in [0.717, 1.165) is 30.7 Å². The highest BCUT2D eigenvalue weighted by Gasteiger charge is 2.23. The Bertz CT molecular complexity index is 1590. The Morgan fingerprint density at radius 2 is 1.46 bits per heavy atom. The molecule has 3 aromatic heterocycles. The summed E-state index contributed by atoms with van der Waals surface area (Å²) in [4.78, 5) is 56.3. The van der Waals surface area contributed by atoms with Crippen LogP contribution in [0.15, 0.2) is 91.5 Å². The normalized spacial score (nSPS) is 13.6. The first-order valence-electron chi connectivity index (χ1n) is 15.6. The Morgan fingerprint density at radius 1 is 0.783 bits per heavy atom. The lowest BCUT2D eigenvalue weighted by Crippen LogP contribution is -2.42. The summed E-state index contributed by atoms with van der Waals surface area (Å²) in [5, 5.41) is 5.89. The number of ether oxygens (including phenoxy) is 1. The summed E-state index contributed by atoms with van der Waals surface area (Å²) >= 11 is 0. The molecule has 0 atom stereocenters. The maximum Gasteiger partial charge on any atom is 0.255 e. The van der Waals surface area contributed by atoms with E-state index in [1.165, 1.54) is 6.20 Å². The van der Waals surface area contributed by atoms with Gasteiger partial charge in [-0.1, -0.05) is 24.3 Å². The number of anilines is 2. The smallest absolute Gasteiger partial charge is 0.255 e. The van der Waals surface area contributed by atoms with Crippen LogP contribution in [0.4, 0.5) is 11.4 Å². The average Bonchev–Trinajstić information content (AvgIpc) is 3.09. The molecule has 1 aliphatic rings. The Morgan fingerprint density at radius 3 is 2.15 bits per heavy atom. The maximum absolute atomic E-state index is 13.8. The molecule has 2 bridgehead atoms. The Balaban J connectivity index is 1.33. The third kappa shape index (κ3) is 9.34. The summed E-state index contributed by atoms with van der Waals surface area (Å²) < 4.78 is 6.20. The number of hydrogen-bond donors (Lipinski definition) is 2. The topological polar surface area (TPSA) is 130 Å². The van der Waals surface area contributed by atoms with Gasteiger partial charge in [0.15, 0.2) is 0 Å². The van der Waals surface area contributed by atoms with Crippen LogP contribution in [0, 0.1) is 0 Å². The number of nitrogens with zero attached hydrogens (tertiary/aromatic N) is 5. The third-order valence-corrected chi connectivity index (χ3v) is 7.55. The molecule has 1 aliphatic heterocycles. The molecule has 11 nitrogen and oxygen atoms in total. The van der Waals surface area contributed by atoms with Crippen LogP contribution in [0.1, 0.15) is 41.0 Å². The van der Waals surface area contributed by atoms with Gasteiger partial charge >= 0.3 is 0 Å². The van der Waals surface area contributed by atoms with Crippen molar-refractivity contribution in [3.63, 3.8) is 0 Å². The highest BCUT2D eigenvalue weighted by molar-refractivity contribution is 5.97. The van der Waals surface area contributed by atoms with Gasteiger partial charge in [-0.05, 0) is 61.7 Å². The van der Waals surface area contributed by atoms with Gasteiger partial charge in [-0.3, -0.25) is 29.3 Å². The van der Waals surface area contributed by atoms with Gasteiger partial charge < -0.3 is 25.2 Å². The van der Waals surface area contributed by atoms with Crippen molar-refractivity contribution in [2.45, 2.75) is 32.1 Å². The van der Waals surface area contributed by atoms with E-state index in [4.69, 9.17) is 4.74 Å². The van der Waals surface area contributed by atoms with Crippen LogP contribution in [0.25, 0.3) is 0 Å². The molecule has 0 aliphatic carbocycles. The van der Waals surface area contributed by atoms with E-state index in [0.29, 0.717) is 61.8 Å². The first-order valence-corrected chi connectivity index (χ1v) is 15.6. The fourth-order valence-corrected chi connectivity index (χ4v) is 5.19. The molecule has 0 saturated heterocycles. The highest BCUT2D eigenvalue weighted by atomic mass is 16.5. The highest BCUT2D eigenvalue weighted by Crippen LogP contribution is 2.34.